The number of hydrogen-bond acceptors (Lipinski definition) is 3. The van der Waals surface area contributed by atoms with Crippen molar-refractivity contribution in [3.63, 3.8) is 0 Å². The second kappa shape index (κ2) is 7.58. The maximum absolute atomic E-state index is 4.97. The largest absolute Gasteiger partial charge is 0.314 e. The number of piperazine rings is 1. The van der Waals surface area contributed by atoms with E-state index in [1.54, 1.807) is 0 Å². The standard InChI is InChI=1S/C24H24N4/c1-2-6-19(7-3-1)20-9-11-21(12-10-20)24-22(18-27-16-13-25-14-17-27)28-15-5-4-8-23(28)26-24/h1-12,15,25H,13-14,16-18H2. The van der Waals surface area contributed by atoms with Gasteiger partial charge in [0.25, 0.3) is 0 Å². The predicted molar refractivity (Wildman–Crippen MR) is 114 cm³/mol. The third-order valence-electron chi connectivity index (χ3n) is 5.48. The first-order valence-corrected chi connectivity index (χ1v) is 9.93. The minimum Gasteiger partial charge on any atom is -0.314 e. The monoisotopic (exact) mass is 368 g/mol. The lowest BCUT2D eigenvalue weighted by atomic mass is 10.0. The molecule has 1 aliphatic heterocycles. The van der Waals surface area contributed by atoms with Crippen LogP contribution in [0.2, 0.25) is 0 Å². The molecule has 2 aromatic carbocycles. The van der Waals surface area contributed by atoms with Gasteiger partial charge in [0.05, 0.1) is 11.4 Å². The fourth-order valence-electron chi connectivity index (χ4n) is 3.96. The van der Waals surface area contributed by atoms with Crippen molar-refractivity contribution in [3.05, 3.63) is 84.7 Å². The number of benzene rings is 2. The summed E-state index contributed by atoms with van der Waals surface area (Å²) in [6.45, 7) is 5.18. The van der Waals surface area contributed by atoms with E-state index in [0.29, 0.717) is 0 Å². The fourth-order valence-corrected chi connectivity index (χ4v) is 3.96. The average Bonchev–Trinajstić information content (AvgIpc) is 3.14. The van der Waals surface area contributed by atoms with Gasteiger partial charge in [-0.1, -0.05) is 60.7 Å². The molecule has 4 heteroatoms. The molecular weight excluding hydrogens is 344 g/mol. The first kappa shape index (κ1) is 17.2. The molecule has 4 aromatic rings. The van der Waals surface area contributed by atoms with E-state index in [0.717, 1.165) is 44.1 Å². The van der Waals surface area contributed by atoms with Crippen LogP contribution in [0.3, 0.4) is 0 Å². The minimum atomic E-state index is 0.919. The van der Waals surface area contributed by atoms with Gasteiger partial charge in [-0.25, -0.2) is 4.98 Å². The molecule has 1 saturated heterocycles. The van der Waals surface area contributed by atoms with Crippen molar-refractivity contribution < 1.29 is 0 Å². The van der Waals surface area contributed by atoms with Crippen LogP contribution in [0.1, 0.15) is 5.69 Å². The van der Waals surface area contributed by atoms with E-state index >= 15 is 0 Å². The van der Waals surface area contributed by atoms with E-state index in [-0.39, 0.29) is 0 Å². The molecule has 1 N–H and O–H groups in total. The van der Waals surface area contributed by atoms with E-state index < -0.39 is 0 Å². The molecule has 0 spiro atoms. The van der Waals surface area contributed by atoms with Gasteiger partial charge in [0.1, 0.15) is 5.65 Å². The van der Waals surface area contributed by atoms with E-state index in [4.69, 9.17) is 4.98 Å². The summed E-state index contributed by atoms with van der Waals surface area (Å²) in [7, 11) is 0. The molecule has 0 unspecified atom stereocenters. The summed E-state index contributed by atoms with van der Waals surface area (Å²) >= 11 is 0. The minimum absolute atomic E-state index is 0.919. The van der Waals surface area contributed by atoms with Gasteiger partial charge in [-0.05, 0) is 23.3 Å². The number of rotatable bonds is 4. The van der Waals surface area contributed by atoms with Crippen molar-refractivity contribution in [2.45, 2.75) is 6.54 Å². The summed E-state index contributed by atoms with van der Waals surface area (Å²) in [5.74, 6) is 0. The Kier molecular flexibility index (Phi) is 4.65. The van der Waals surface area contributed by atoms with Crippen LogP contribution in [0.5, 0.6) is 0 Å². The van der Waals surface area contributed by atoms with Gasteiger partial charge < -0.3 is 9.72 Å². The van der Waals surface area contributed by atoms with Crippen LogP contribution in [-0.4, -0.2) is 40.5 Å². The molecule has 0 radical (unpaired) electrons. The highest BCUT2D eigenvalue weighted by molar-refractivity contribution is 5.71. The van der Waals surface area contributed by atoms with Gasteiger partial charge in [0.15, 0.2) is 0 Å². The third kappa shape index (κ3) is 3.33. The summed E-state index contributed by atoms with van der Waals surface area (Å²) in [5.41, 5.74) is 7.01. The molecule has 28 heavy (non-hydrogen) atoms. The number of fused-ring (bicyclic) bond motifs is 1. The molecule has 0 amide bonds. The Morgan fingerprint density at radius 3 is 2.21 bits per heavy atom. The summed E-state index contributed by atoms with van der Waals surface area (Å²) in [4.78, 5) is 7.48. The van der Waals surface area contributed by atoms with E-state index in [1.165, 1.54) is 22.4 Å². The predicted octanol–water partition coefficient (Wildman–Crippen LogP) is 4.07. The summed E-state index contributed by atoms with van der Waals surface area (Å²) in [6, 6.07) is 25.5. The molecule has 0 bridgehead atoms. The molecule has 140 valence electrons. The Hall–Kier alpha value is -2.95. The van der Waals surface area contributed by atoms with E-state index in [2.05, 4.69) is 93.6 Å². The number of aromatic nitrogens is 2. The summed E-state index contributed by atoms with van der Waals surface area (Å²) < 4.78 is 2.24. The Morgan fingerprint density at radius 2 is 1.43 bits per heavy atom. The maximum Gasteiger partial charge on any atom is 0.137 e. The van der Waals surface area contributed by atoms with E-state index in [9.17, 15) is 0 Å². The van der Waals surface area contributed by atoms with Crippen LogP contribution in [0.4, 0.5) is 0 Å². The molecule has 1 fully saturated rings. The van der Waals surface area contributed by atoms with E-state index in [1.807, 2.05) is 0 Å². The van der Waals surface area contributed by atoms with Crippen molar-refractivity contribution >= 4 is 5.65 Å². The molecule has 3 heterocycles. The fraction of sp³-hybridized carbons (Fsp3) is 0.208. The van der Waals surface area contributed by atoms with Gasteiger partial charge in [0, 0.05) is 44.5 Å². The Labute approximate surface area is 165 Å². The zero-order chi connectivity index (χ0) is 18.8. The molecule has 1 aliphatic rings. The maximum atomic E-state index is 4.97. The molecule has 5 rings (SSSR count). The first-order chi connectivity index (χ1) is 13.9. The first-order valence-electron chi connectivity index (χ1n) is 9.93. The number of nitrogens with one attached hydrogen (secondary N) is 1. The zero-order valence-corrected chi connectivity index (χ0v) is 15.9. The SMILES string of the molecule is c1ccc(-c2ccc(-c3nc4ccccn4c3CN3CCNCC3)cc2)cc1. The van der Waals surface area contributed by atoms with Crippen LogP contribution in [-0.2, 0) is 6.54 Å². The van der Waals surface area contributed by atoms with Crippen molar-refractivity contribution in [3.8, 4) is 22.4 Å². The zero-order valence-electron chi connectivity index (χ0n) is 15.9. The van der Waals surface area contributed by atoms with Crippen molar-refractivity contribution in [1.82, 2.24) is 19.6 Å². The Morgan fingerprint density at radius 1 is 0.750 bits per heavy atom. The van der Waals surface area contributed by atoms with Crippen LogP contribution in [0, 0.1) is 0 Å². The van der Waals surface area contributed by atoms with Gasteiger partial charge in [-0.15, -0.1) is 0 Å². The number of imidazole rings is 1. The Balaban J connectivity index is 1.53. The summed E-state index contributed by atoms with van der Waals surface area (Å²) in [5, 5.41) is 3.44. The second-order valence-corrected chi connectivity index (χ2v) is 7.31. The highest BCUT2D eigenvalue weighted by Gasteiger charge is 2.18. The lowest BCUT2D eigenvalue weighted by Crippen LogP contribution is -2.43. The second-order valence-electron chi connectivity index (χ2n) is 7.31. The lowest BCUT2D eigenvalue weighted by Gasteiger charge is -2.27. The molecule has 2 aromatic heterocycles. The van der Waals surface area contributed by atoms with Crippen molar-refractivity contribution in [2.75, 3.05) is 26.2 Å². The van der Waals surface area contributed by atoms with Gasteiger partial charge in [0.2, 0.25) is 0 Å². The highest BCUT2D eigenvalue weighted by atomic mass is 15.2. The quantitative estimate of drug-likeness (QED) is 0.589. The molecule has 0 aliphatic carbocycles. The van der Waals surface area contributed by atoms with Crippen LogP contribution in [0.15, 0.2) is 79.0 Å². The van der Waals surface area contributed by atoms with Crippen LogP contribution >= 0.6 is 0 Å². The normalized spacial score (nSPS) is 15.1. The highest BCUT2D eigenvalue weighted by Crippen LogP contribution is 2.28. The molecular formula is C24H24N4. The van der Waals surface area contributed by atoms with Crippen molar-refractivity contribution in [2.24, 2.45) is 0 Å². The van der Waals surface area contributed by atoms with Crippen molar-refractivity contribution in [1.29, 1.82) is 0 Å². The van der Waals surface area contributed by atoms with Gasteiger partial charge in [-0.3, -0.25) is 4.90 Å². The molecule has 0 atom stereocenters. The lowest BCUT2D eigenvalue weighted by molar-refractivity contribution is 0.230. The van der Waals surface area contributed by atoms with Crippen LogP contribution in [0.25, 0.3) is 28.0 Å². The number of nitrogens with zero attached hydrogens (tertiary/aromatic N) is 3. The number of pyridine rings is 1. The average molecular weight is 368 g/mol. The molecule has 4 nitrogen and oxygen atoms in total. The van der Waals surface area contributed by atoms with Gasteiger partial charge >= 0.3 is 0 Å². The summed E-state index contributed by atoms with van der Waals surface area (Å²) in [6.07, 6.45) is 2.13. The third-order valence-corrected chi connectivity index (χ3v) is 5.48. The topological polar surface area (TPSA) is 32.6 Å². The smallest absolute Gasteiger partial charge is 0.137 e. The Bertz CT molecular complexity index is 1060. The number of hydrogen-bond donors (Lipinski definition) is 1. The van der Waals surface area contributed by atoms with Gasteiger partial charge in [-0.2, -0.15) is 0 Å². The van der Waals surface area contributed by atoms with Crippen LogP contribution < -0.4 is 5.32 Å². The molecule has 0 saturated carbocycles.